The molecule has 1 fully saturated rings. The van der Waals surface area contributed by atoms with E-state index < -0.39 is 0 Å². The van der Waals surface area contributed by atoms with E-state index in [1.165, 1.54) is 12.8 Å². The van der Waals surface area contributed by atoms with Crippen LogP contribution < -0.4 is 5.32 Å². The number of aromatic nitrogens is 3. The highest BCUT2D eigenvalue weighted by Gasteiger charge is 2.19. The van der Waals surface area contributed by atoms with Gasteiger partial charge in [-0.05, 0) is 37.3 Å². The largest absolute Gasteiger partial charge is 0.370 e. The zero-order valence-corrected chi connectivity index (χ0v) is 11.5. The monoisotopic (exact) mass is 276 g/mol. The summed E-state index contributed by atoms with van der Waals surface area (Å²) in [7, 11) is 0. The molecule has 19 heavy (non-hydrogen) atoms. The van der Waals surface area contributed by atoms with Gasteiger partial charge in [0.1, 0.15) is 11.3 Å². The van der Waals surface area contributed by atoms with Gasteiger partial charge in [-0.3, -0.25) is 4.98 Å². The fourth-order valence-electron chi connectivity index (χ4n) is 2.61. The molecule has 4 nitrogen and oxygen atoms in total. The molecule has 1 saturated carbocycles. The van der Waals surface area contributed by atoms with Crippen molar-refractivity contribution in [1.29, 1.82) is 0 Å². The lowest BCUT2D eigenvalue weighted by molar-refractivity contribution is 0.378. The van der Waals surface area contributed by atoms with Crippen LogP contribution in [0, 0.1) is 5.92 Å². The minimum absolute atomic E-state index is 0.343. The number of hydrogen-bond donors (Lipinski definition) is 1. The SMILES string of the molecule is ClC1CCCC(CNc2ccc3nccnc3n2)C1. The van der Waals surface area contributed by atoms with Gasteiger partial charge in [0.15, 0.2) is 5.65 Å². The van der Waals surface area contributed by atoms with Gasteiger partial charge in [-0.25, -0.2) is 9.97 Å². The molecule has 0 aromatic carbocycles. The van der Waals surface area contributed by atoms with E-state index in [-0.39, 0.29) is 0 Å². The van der Waals surface area contributed by atoms with Crippen molar-refractivity contribution in [3.63, 3.8) is 0 Å². The van der Waals surface area contributed by atoms with Crippen molar-refractivity contribution in [3.05, 3.63) is 24.5 Å². The first-order valence-electron chi connectivity index (χ1n) is 6.77. The molecule has 0 bridgehead atoms. The fourth-order valence-corrected chi connectivity index (χ4v) is 3.02. The summed E-state index contributed by atoms with van der Waals surface area (Å²) in [5.41, 5.74) is 1.51. The molecule has 0 amide bonds. The van der Waals surface area contributed by atoms with Crippen LogP contribution in [0.15, 0.2) is 24.5 Å². The van der Waals surface area contributed by atoms with Crippen molar-refractivity contribution in [2.24, 2.45) is 5.92 Å². The second-order valence-electron chi connectivity index (χ2n) is 5.11. The molecule has 0 saturated heterocycles. The maximum Gasteiger partial charge on any atom is 0.180 e. The Hall–Kier alpha value is -1.42. The van der Waals surface area contributed by atoms with E-state index in [1.807, 2.05) is 12.1 Å². The number of pyridine rings is 1. The van der Waals surface area contributed by atoms with Gasteiger partial charge in [-0.15, -0.1) is 11.6 Å². The Bertz CT molecular complexity index is 560. The van der Waals surface area contributed by atoms with Gasteiger partial charge in [0, 0.05) is 24.3 Å². The van der Waals surface area contributed by atoms with E-state index in [0.29, 0.717) is 16.9 Å². The van der Waals surface area contributed by atoms with Gasteiger partial charge in [0.05, 0.1) is 0 Å². The summed E-state index contributed by atoms with van der Waals surface area (Å²) in [6, 6.07) is 3.90. The first-order chi connectivity index (χ1) is 9.31. The molecule has 0 spiro atoms. The normalized spacial score (nSPS) is 23.4. The van der Waals surface area contributed by atoms with Crippen molar-refractivity contribution < 1.29 is 0 Å². The van der Waals surface area contributed by atoms with Gasteiger partial charge in [-0.2, -0.15) is 0 Å². The Morgan fingerprint density at radius 2 is 2.11 bits per heavy atom. The van der Waals surface area contributed by atoms with Crippen molar-refractivity contribution in [1.82, 2.24) is 15.0 Å². The van der Waals surface area contributed by atoms with E-state index in [1.54, 1.807) is 12.4 Å². The number of alkyl halides is 1. The van der Waals surface area contributed by atoms with Crippen LogP contribution in [-0.4, -0.2) is 26.9 Å². The third-order valence-electron chi connectivity index (χ3n) is 3.62. The summed E-state index contributed by atoms with van der Waals surface area (Å²) in [5, 5.41) is 3.73. The quantitative estimate of drug-likeness (QED) is 0.875. The summed E-state index contributed by atoms with van der Waals surface area (Å²) in [6.45, 7) is 0.933. The minimum Gasteiger partial charge on any atom is -0.370 e. The van der Waals surface area contributed by atoms with Crippen LogP contribution in [0.1, 0.15) is 25.7 Å². The van der Waals surface area contributed by atoms with Crippen molar-refractivity contribution in [2.75, 3.05) is 11.9 Å². The third kappa shape index (κ3) is 3.13. The molecular weight excluding hydrogens is 260 g/mol. The number of nitrogens with one attached hydrogen (secondary N) is 1. The van der Waals surface area contributed by atoms with Crippen molar-refractivity contribution >= 4 is 28.6 Å². The van der Waals surface area contributed by atoms with Gasteiger partial charge < -0.3 is 5.32 Å². The van der Waals surface area contributed by atoms with Crippen LogP contribution in [0.3, 0.4) is 0 Å². The molecule has 5 heteroatoms. The standard InChI is InChI=1S/C14H17ClN4/c15-11-3-1-2-10(8-11)9-18-13-5-4-12-14(19-13)17-7-6-16-12/h4-7,10-11H,1-3,8-9H2,(H,17,18,19). The number of nitrogens with zero attached hydrogens (tertiary/aromatic N) is 3. The highest BCUT2D eigenvalue weighted by atomic mass is 35.5. The second-order valence-corrected chi connectivity index (χ2v) is 5.72. The fraction of sp³-hybridized carbons (Fsp3) is 0.500. The molecule has 2 unspecified atom stereocenters. The maximum atomic E-state index is 6.21. The maximum absolute atomic E-state index is 6.21. The van der Waals surface area contributed by atoms with E-state index in [2.05, 4.69) is 20.3 Å². The number of fused-ring (bicyclic) bond motifs is 1. The summed E-state index contributed by atoms with van der Waals surface area (Å²) < 4.78 is 0. The summed E-state index contributed by atoms with van der Waals surface area (Å²) in [6.07, 6.45) is 8.09. The average Bonchev–Trinajstić information content (AvgIpc) is 2.45. The lowest BCUT2D eigenvalue weighted by Gasteiger charge is -2.25. The number of halogens is 1. The van der Waals surface area contributed by atoms with Crippen molar-refractivity contribution in [2.45, 2.75) is 31.1 Å². The predicted octanol–water partition coefficient (Wildman–Crippen LogP) is 3.23. The third-order valence-corrected chi connectivity index (χ3v) is 4.02. The molecule has 2 atom stereocenters. The highest BCUT2D eigenvalue weighted by Crippen LogP contribution is 2.27. The summed E-state index contributed by atoms with van der Waals surface area (Å²) in [4.78, 5) is 12.9. The van der Waals surface area contributed by atoms with Crippen LogP contribution >= 0.6 is 11.6 Å². The Morgan fingerprint density at radius 3 is 3.00 bits per heavy atom. The van der Waals surface area contributed by atoms with Crippen LogP contribution in [0.25, 0.3) is 11.2 Å². The Morgan fingerprint density at radius 1 is 1.21 bits per heavy atom. The molecule has 1 aliphatic carbocycles. The lowest BCUT2D eigenvalue weighted by atomic mass is 9.89. The van der Waals surface area contributed by atoms with Crippen LogP contribution in [-0.2, 0) is 0 Å². The molecule has 0 aliphatic heterocycles. The molecule has 100 valence electrons. The van der Waals surface area contributed by atoms with Crippen LogP contribution in [0.5, 0.6) is 0 Å². The summed E-state index contributed by atoms with van der Waals surface area (Å²) in [5.74, 6) is 1.51. The molecule has 0 radical (unpaired) electrons. The average molecular weight is 277 g/mol. The van der Waals surface area contributed by atoms with Gasteiger partial charge in [0.2, 0.25) is 0 Å². The molecule has 1 aliphatic rings. The lowest BCUT2D eigenvalue weighted by Crippen LogP contribution is -2.22. The Labute approximate surface area is 117 Å². The number of hydrogen-bond acceptors (Lipinski definition) is 4. The number of rotatable bonds is 3. The molecular formula is C14H17ClN4. The van der Waals surface area contributed by atoms with Crippen LogP contribution in [0.4, 0.5) is 5.82 Å². The number of anilines is 1. The first kappa shape index (κ1) is 12.6. The zero-order valence-electron chi connectivity index (χ0n) is 10.7. The zero-order chi connectivity index (χ0) is 13.1. The van der Waals surface area contributed by atoms with E-state index in [9.17, 15) is 0 Å². The van der Waals surface area contributed by atoms with Gasteiger partial charge in [-0.1, -0.05) is 6.42 Å². The molecule has 3 rings (SSSR count). The van der Waals surface area contributed by atoms with Crippen LogP contribution in [0.2, 0.25) is 0 Å². The molecule has 1 N–H and O–H groups in total. The van der Waals surface area contributed by atoms with Gasteiger partial charge >= 0.3 is 0 Å². The molecule has 2 aromatic heterocycles. The molecule has 2 aromatic rings. The predicted molar refractivity (Wildman–Crippen MR) is 77.4 cm³/mol. The van der Waals surface area contributed by atoms with E-state index in [4.69, 9.17) is 11.6 Å². The first-order valence-corrected chi connectivity index (χ1v) is 7.20. The summed E-state index contributed by atoms with van der Waals surface area (Å²) >= 11 is 6.21. The smallest absolute Gasteiger partial charge is 0.180 e. The minimum atomic E-state index is 0.343. The van der Waals surface area contributed by atoms with Crippen molar-refractivity contribution in [3.8, 4) is 0 Å². The topological polar surface area (TPSA) is 50.7 Å². The van der Waals surface area contributed by atoms with E-state index >= 15 is 0 Å². The Balaban J connectivity index is 1.64. The van der Waals surface area contributed by atoms with Gasteiger partial charge in [0.25, 0.3) is 0 Å². The molecule has 2 heterocycles. The Kier molecular flexibility index (Phi) is 3.78. The highest BCUT2D eigenvalue weighted by molar-refractivity contribution is 6.20. The second kappa shape index (κ2) is 5.70. The van der Waals surface area contributed by atoms with E-state index in [0.717, 1.165) is 30.7 Å².